The van der Waals surface area contributed by atoms with Gasteiger partial charge in [-0.1, -0.05) is 33.1 Å². The molecule has 1 N–H and O–H groups in total. The van der Waals surface area contributed by atoms with Crippen LogP contribution in [0.2, 0.25) is 0 Å². The molecule has 0 spiro atoms. The molecule has 0 aromatic carbocycles. The van der Waals surface area contributed by atoms with E-state index in [2.05, 4.69) is 26.1 Å². The Morgan fingerprint density at radius 1 is 1.35 bits per heavy atom. The number of morpholine rings is 1. The first kappa shape index (κ1) is 19.7. The molecule has 1 aliphatic heterocycles. The predicted molar refractivity (Wildman–Crippen MR) is 85.5 cm³/mol. The Morgan fingerprint density at radius 3 is 2.65 bits per heavy atom. The van der Waals surface area contributed by atoms with Crippen molar-refractivity contribution in [3.63, 3.8) is 0 Å². The zero-order valence-corrected chi connectivity index (χ0v) is 14.0. The normalized spacial score (nSPS) is 20.1. The number of carbonyl (C=O) groups is 1. The molecule has 20 heavy (non-hydrogen) atoms. The number of nitrogens with one attached hydrogen (secondary N) is 1. The molecule has 1 aliphatic rings. The Labute approximate surface area is 130 Å². The van der Waals surface area contributed by atoms with E-state index in [0.29, 0.717) is 19.2 Å². The third-order valence-electron chi connectivity index (χ3n) is 3.73. The number of carbonyl (C=O) groups excluding carboxylic acids is 1. The summed E-state index contributed by atoms with van der Waals surface area (Å²) in [5.74, 6) is 0.171. The number of halogens is 1. The predicted octanol–water partition coefficient (Wildman–Crippen LogP) is 2.60. The molecule has 0 aliphatic carbocycles. The smallest absolute Gasteiger partial charge is 0.253 e. The lowest BCUT2D eigenvalue weighted by Crippen LogP contribution is -2.52. The SMILES string of the molecule is CCCCCN(C(=O)C1CNCCO1)C(C)CCC.Cl. The van der Waals surface area contributed by atoms with E-state index in [0.717, 1.165) is 32.4 Å². The molecule has 4 nitrogen and oxygen atoms in total. The summed E-state index contributed by atoms with van der Waals surface area (Å²) < 4.78 is 5.60. The number of unbranched alkanes of at least 4 members (excludes halogenated alkanes) is 2. The zero-order chi connectivity index (χ0) is 14.1. The summed E-state index contributed by atoms with van der Waals surface area (Å²) in [4.78, 5) is 14.6. The molecule has 1 rings (SSSR count). The first-order valence-corrected chi connectivity index (χ1v) is 7.83. The average Bonchev–Trinajstić information content (AvgIpc) is 2.44. The van der Waals surface area contributed by atoms with Crippen molar-refractivity contribution in [3.8, 4) is 0 Å². The van der Waals surface area contributed by atoms with E-state index < -0.39 is 0 Å². The molecule has 1 fully saturated rings. The lowest BCUT2D eigenvalue weighted by atomic mass is 10.1. The lowest BCUT2D eigenvalue weighted by Gasteiger charge is -2.34. The highest BCUT2D eigenvalue weighted by Gasteiger charge is 2.28. The van der Waals surface area contributed by atoms with Crippen molar-refractivity contribution in [3.05, 3.63) is 0 Å². The van der Waals surface area contributed by atoms with Crippen LogP contribution in [-0.4, -0.2) is 49.2 Å². The van der Waals surface area contributed by atoms with Crippen molar-refractivity contribution in [2.45, 2.75) is 65.0 Å². The van der Waals surface area contributed by atoms with Crippen LogP contribution in [0.4, 0.5) is 0 Å². The van der Waals surface area contributed by atoms with Crippen LogP contribution in [0.15, 0.2) is 0 Å². The minimum atomic E-state index is -0.283. The molecule has 2 atom stereocenters. The summed E-state index contributed by atoms with van der Waals surface area (Å²) in [6.07, 6.45) is 5.37. The van der Waals surface area contributed by atoms with E-state index in [1.165, 1.54) is 12.8 Å². The summed E-state index contributed by atoms with van der Waals surface area (Å²) in [6.45, 7) is 9.53. The molecule has 1 saturated heterocycles. The fourth-order valence-electron chi connectivity index (χ4n) is 2.56. The van der Waals surface area contributed by atoms with Crippen LogP contribution in [-0.2, 0) is 9.53 Å². The molecule has 5 heteroatoms. The van der Waals surface area contributed by atoms with Crippen molar-refractivity contribution in [1.29, 1.82) is 0 Å². The first-order valence-electron chi connectivity index (χ1n) is 7.83. The molecule has 1 amide bonds. The lowest BCUT2D eigenvalue weighted by molar-refractivity contribution is -0.147. The Morgan fingerprint density at radius 2 is 2.10 bits per heavy atom. The fourth-order valence-corrected chi connectivity index (χ4v) is 2.56. The highest BCUT2D eigenvalue weighted by atomic mass is 35.5. The topological polar surface area (TPSA) is 41.6 Å². The molecule has 1 heterocycles. The van der Waals surface area contributed by atoms with Gasteiger partial charge in [-0.25, -0.2) is 0 Å². The highest BCUT2D eigenvalue weighted by molar-refractivity contribution is 5.85. The van der Waals surface area contributed by atoms with Crippen LogP contribution in [0.1, 0.15) is 52.9 Å². The third kappa shape index (κ3) is 6.42. The van der Waals surface area contributed by atoms with Crippen LogP contribution in [0.3, 0.4) is 0 Å². The number of amides is 1. The number of hydrogen-bond acceptors (Lipinski definition) is 3. The third-order valence-corrected chi connectivity index (χ3v) is 3.73. The van der Waals surface area contributed by atoms with Gasteiger partial charge < -0.3 is 15.0 Å². The van der Waals surface area contributed by atoms with Gasteiger partial charge in [-0.05, 0) is 19.8 Å². The van der Waals surface area contributed by atoms with E-state index in [1.807, 2.05) is 4.90 Å². The molecule has 120 valence electrons. The van der Waals surface area contributed by atoms with Gasteiger partial charge in [0.2, 0.25) is 0 Å². The Balaban J connectivity index is 0.00000361. The maximum absolute atomic E-state index is 12.6. The van der Waals surface area contributed by atoms with Crippen LogP contribution in [0, 0.1) is 0 Å². The summed E-state index contributed by atoms with van der Waals surface area (Å²) in [7, 11) is 0. The minimum absolute atomic E-state index is 0. The molecule has 2 unspecified atom stereocenters. The summed E-state index contributed by atoms with van der Waals surface area (Å²) >= 11 is 0. The van der Waals surface area contributed by atoms with E-state index in [4.69, 9.17) is 4.74 Å². The van der Waals surface area contributed by atoms with Crippen LogP contribution in [0.25, 0.3) is 0 Å². The summed E-state index contributed by atoms with van der Waals surface area (Å²) in [5, 5.41) is 3.24. The van der Waals surface area contributed by atoms with Crippen molar-refractivity contribution in [1.82, 2.24) is 10.2 Å². The van der Waals surface area contributed by atoms with Crippen molar-refractivity contribution >= 4 is 18.3 Å². The van der Waals surface area contributed by atoms with Crippen molar-refractivity contribution in [2.24, 2.45) is 0 Å². The van der Waals surface area contributed by atoms with Gasteiger partial charge in [0.15, 0.2) is 0 Å². The van der Waals surface area contributed by atoms with Crippen LogP contribution in [0.5, 0.6) is 0 Å². The molecule has 0 bridgehead atoms. The van der Waals surface area contributed by atoms with Crippen LogP contribution < -0.4 is 5.32 Å². The minimum Gasteiger partial charge on any atom is -0.366 e. The van der Waals surface area contributed by atoms with Gasteiger partial charge >= 0.3 is 0 Å². The second kappa shape index (κ2) is 11.4. The average molecular weight is 307 g/mol. The molecule has 0 radical (unpaired) electrons. The maximum atomic E-state index is 12.6. The van der Waals surface area contributed by atoms with Gasteiger partial charge in [0.1, 0.15) is 6.10 Å². The van der Waals surface area contributed by atoms with Gasteiger partial charge in [-0.15, -0.1) is 12.4 Å². The number of ether oxygens (including phenoxy) is 1. The molecule has 0 aromatic rings. The quantitative estimate of drug-likeness (QED) is 0.701. The Hall–Kier alpha value is -0.320. The van der Waals surface area contributed by atoms with Gasteiger partial charge in [-0.3, -0.25) is 4.79 Å². The number of hydrogen-bond donors (Lipinski definition) is 1. The monoisotopic (exact) mass is 306 g/mol. The second-order valence-electron chi connectivity index (χ2n) is 5.44. The second-order valence-corrected chi connectivity index (χ2v) is 5.44. The molecular formula is C15H31ClN2O2. The first-order chi connectivity index (χ1) is 9.20. The molecular weight excluding hydrogens is 276 g/mol. The van der Waals surface area contributed by atoms with Gasteiger partial charge in [0, 0.05) is 25.7 Å². The number of rotatable bonds is 8. The maximum Gasteiger partial charge on any atom is 0.253 e. The fraction of sp³-hybridized carbons (Fsp3) is 0.933. The van der Waals surface area contributed by atoms with Gasteiger partial charge in [0.05, 0.1) is 6.61 Å². The number of nitrogens with zero attached hydrogens (tertiary/aromatic N) is 1. The highest BCUT2D eigenvalue weighted by Crippen LogP contribution is 2.13. The van der Waals surface area contributed by atoms with Crippen LogP contribution >= 0.6 is 12.4 Å². The standard InChI is InChI=1S/C15H30N2O2.ClH/c1-4-6-7-10-17(13(3)8-5-2)15(18)14-12-16-9-11-19-14;/h13-14,16H,4-12H2,1-3H3;1H. The molecule has 0 saturated carbocycles. The summed E-state index contributed by atoms with van der Waals surface area (Å²) in [5.41, 5.74) is 0. The van der Waals surface area contributed by atoms with Crippen molar-refractivity contribution < 1.29 is 9.53 Å². The van der Waals surface area contributed by atoms with E-state index >= 15 is 0 Å². The Kier molecular flexibility index (Phi) is 11.2. The van der Waals surface area contributed by atoms with Gasteiger partial charge in [0.25, 0.3) is 5.91 Å². The van der Waals surface area contributed by atoms with Crippen molar-refractivity contribution in [2.75, 3.05) is 26.2 Å². The van der Waals surface area contributed by atoms with E-state index in [-0.39, 0.29) is 24.4 Å². The Bertz CT molecular complexity index is 258. The zero-order valence-electron chi connectivity index (χ0n) is 13.2. The largest absolute Gasteiger partial charge is 0.366 e. The molecule has 0 aromatic heterocycles. The summed E-state index contributed by atoms with van der Waals surface area (Å²) in [6, 6.07) is 0.319. The van der Waals surface area contributed by atoms with E-state index in [1.54, 1.807) is 0 Å². The van der Waals surface area contributed by atoms with Gasteiger partial charge in [-0.2, -0.15) is 0 Å². The van der Waals surface area contributed by atoms with E-state index in [9.17, 15) is 4.79 Å².